The van der Waals surface area contributed by atoms with Crippen LogP contribution in [0.1, 0.15) is 18.4 Å². The van der Waals surface area contributed by atoms with Crippen LogP contribution < -0.4 is 4.74 Å². The smallest absolute Gasteiger partial charge is 0.344 e. The van der Waals surface area contributed by atoms with Crippen molar-refractivity contribution in [3.63, 3.8) is 0 Å². The average Bonchev–Trinajstić information content (AvgIpc) is 3.10. The van der Waals surface area contributed by atoms with Crippen LogP contribution in [0.2, 0.25) is 0 Å². The fraction of sp³-hybridized carbons (Fsp3) is 0.353. The molecule has 7 heteroatoms. The Balaban J connectivity index is 2.39. The summed E-state index contributed by atoms with van der Waals surface area (Å²) in [4.78, 5) is 29.0. The molecule has 1 atom stereocenters. The van der Waals surface area contributed by atoms with Crippen LogP contribution in [-0.4, -0.2) is 47.5 Å². The molecule has 0 spiro atoms. The lowest BCUT2D eigenvalue weighted by Gasteiger charge is -2.36. The largest absolute Gasteiger partial charge is 0.497 e. The van der Waals surface area contributed by atoms with E-state index in [-0.39, 0.29) is 6.54 Å². The van der Waals surface area contributed by atoms with Gasteiger partial charge in [0.1, 0.15) is 5.75 Å². The molecule has 0 aliphatic heterocycles. The fourth-order valence-electron chi connectivity index (χ4n) is 2.80. The Hall–Kier alpha value is -2.92. The van der Waals surface area contributed by atoms with E-state index < -0.39 is 17.4 Å². The van der Waals surface area contributed by atoms with Gasteiger partial charge in [0.05, 0.1) is 14.2 Å². The van der Waals surface area contributed by atoms with E-state index in [0.717, 1.165) is 11.8 Å². The van der Waals surface area contributed by atoms with Crippen molar-refractivity contribution in [1.29, 1.82) is 0 Å². The lowest BCUT2D eigenvalue weighted by Crippen LogP contribution is -2.55. The minimum Gasteiger partial charge on any atom is -0.497 e. The van der Waals surface area contributed by atoms with Crippen LogP contribution in [0.5, 0.6) is 5.75 Å². The first-order valence-electron chi connectivity index (χ1n) is 7.45. The zero-order valence-corrected chi connectivity index (χ0v) is 13.6. The standard InChI is InChI=1S/C17H19N3O4/c1-23-14-7-5-13(6-8-14)12-20(15(21)11-19-18)17(16(22)24-2)9-3-4-10-17/h3,5-9,11H,4,10,12H2,1-2H3/t17-/m1/s1. The van der Waals surface area contributed by atoms with Crippen molar-refractivity contribution in [3.05, 3.63) is 47.5 Å². The highest BCUT2D eigenvalue weighted by molar-refractivity contribution is 6.24. The molecule has 1 aromatic carbocycles. The number of allylic oxidation sites excluding steroid dienone is 1. The molecule has 24 heavy (non-hydrogen) atoms. The molecular weight excluding hydrogens is 310 g/mol. The molecular formula is C17H19N3O4. The van der Waals surface area contributed by atoms with Crippen LogP contribution in [0.25, 0.3) is 5.53 Å². The molecule has 0 radical (unpaired) electrons. The number of carbonyl (C=O) groups is 2. The molecule has 1 amide bonds. The highest BCUT2D eigenvalue weighted by atomic mass is 16.5. The van der Waals surface area contributed by atoms with Crippen LogP contribution in [0.15, 0.2) is 36.4 Å². The molecule has 0 saturated heterocycles. The summed E-state index contributed by atoms with van der Waals surface area (Å²) < 4.78 is 10.0. The average molecular weight is 329 g/mol. The maximum absolute atomic E-state index is 12.4. The van der Waals surface area contributed by atoms with E-state index in [0.29, 0.717) is 18.6 Å². The van der Waals surface area contributed by atoms with Crippen molar-refractivity contribution < 1.29 is 23.9 Å². The Bertz CT molecular complexity index is 692. The third kappa shape index (κ3) is 3.36. The minimum atomic E-state index is -1.20. The Labute approximate surface area is 140 Å². The molecule has 126 valence electrons. The van der Waals surface area contributed by atoms with Crippen LogP contribution in [0.3, 0.4) is 0 Å². The summed E-state index contributed by atoms with van der Waals surface area (Å²) in [7, 11) is 2.85. The lowest BCUT2D eigenvalue weighted by atomic mass is 9.95. The van der Waals surface area contributed by atoms with Gasteiger partial charge in [-0.25, -0.2) is 4.79 Å². The number of nitrogens with zero attached hydrogens (tertiary/aromatic N) is 3. The van der Waals surface area contributed by atoms with E-state index in [1.54, 1.807) is 37.5 Å². The highest BCUT2D eigenvalue weighted by Crippen LogP contribution is 2.32. The maximum atomic E-state index is 12.4. The van der Waals surface area contributed by atoms with Gasteiger partial charge in [-0.3, -0.25) is 4.79 Å². The first kappa shape index (κ1) is 17.4. The Morgan fingerprint density at radius 2 is 2.04 bits per heavy atom. The normalized spacial score (nSPS) is 18.6. The van der Waals surface area contributed by atoms with Gasteiger partial charge in [0.2, 0.25) is 0 Å². The topological polar surface area (TPSA) is 92.2 Å². The molecule has 0 unspecified atom stereocenters. The van der Waals surface area contributed by atoms with Crippen LogP contribution in [0.4, 0.5) is 0 Å². The quantitative estimate of drug-likeness (QED) is 0.260. The molecule has 0 fully saturated rings. The molecule has 1 aliphatic carbocycles. The lowest BCUT2D eigenvalue weighted by molar-refractivity contribution is -0.157. The minimum absolute atomic E-state index is 0.161. The molecule has 1 aromatic rings. The second-order valence-electron chi connectivity index (χ2n) is 5.37. The van der Waals surface area contributed by atoms with Gasteiger partial charge in [0.25, 0.3) is 0 Å². The predicted molar refractivity (Wildman–Crippen MR) is 86.3 cm³/mol. The molecule has 1 aliphatic rings. The molecule has 7 nitrogen and oxygen atoms in total. The van der Waals surface area contributed by atoms with Gasteiger partial charge >= 0.3 is 18.1 Å². The maximum Gasteiger partial charge on any atom is 0.344 e. The summed E-state index contributed by atoms with van der Waals surface area (Å²) >= 11 is 0. The number of hydrogen-bond donors (Lipinski definition) is 0. The molecule has 0 bridgehead atoms. The third-order valence-corrected chi connectivity index (χ3v) is 4.04. The van der Waals surface area contributed by atoms with E-state index in [1.807, 2.05) is 6.08 Å². The van der Waals surface area contributed by atoms with Gasteiger partial charge in [-0.05, 0) is 30.5 Å². The molecule has 0 N–H and O–H groups in total. The number of esters is 1. The number of ether oxygens (including phenoxy) is 2. The van der Waals surface area contributed by atoms with Gasteiger partial charge in [0, 0.05) is 6.54 Å². The first-order chi connectivity index (χ1) is 11.6. The van der Waals surface area contributed by atoms with E-state index in [2.05, 4.69) is 4.79 Å². The van der Waals surface area contributed by atoms with Crippen molar-refractivity contribution >= 4 is 18.1 Å². The van der Waals surface area contributed by atoms with Crippen LogP contribution in [0, 0.1) is 0 Å². The van der Waals surface area contributed by atoms with Crippen molar-refractivity contribution in [3.8, 4) is 5.75 Å². The zero-order chi connectivity index (χ0) is 17.6. The number of carbonyl (C=O) groups excluding carboxylic acids is 2. The summed E-state index contributed by atoms with van der Waals surface area (Å²) in [6.45, 7) is 0.161. The first-order valence-corrected chi connectivity index (χ1v) is 7.45. The Kier molecular flexibility index (Phi) is 5.50. The second kappa shape index (κ2) is 7.57. The van der Waals surface area contributed by atoms with E-state index in [1.165, 1.54) is 12.0 Å². The molecule has 0 heterocycles. The van der Waals surface area contributed by atoms with Gasteiger partial charge < -0.3 is 19.9 Å². The van der Waals surface area contributed by atoms with Crippen molar-refractivity contribution in [2.75, 3.05) is 14.2 Å². The Morgan fingerprint density at radius 3 is 2.54 bits per heavy atom. The van der Waals surface area contributed by atoms with E-state index in [9.17, 15) is 9.59 Å². The Morgan fingerprint density at radius 1 is 1.33 bits per heavy atom. The number of rotatable bonds is 6. The number of hydrogen-bond acceptors (Lipinski definition) is 4. The van der Waals surface area contributed by atoms with Crippen molar-refractivity contribution in [2.24, 2.45) is 0 Å². The predicted octanol–water partition coefficient (Wildman–Crippen LogP) is 1.59. The summed E-state index contributed by atoms with van der Waals surface area (Å²) in [5.74, 6) is -0.410. The number of benzene rings is 1. The third-order valence-electron chi connectivity index (χ3n) is 4.04. The summed E-state index contributed by atoms with van der Waals surface area (Å²) in [6.07, 6.45) is 5.35. The van der Waals surface area contributed by atoms with Gasteiger partial charge in [-0.2, -0.15) is 4.79 Å². The highest BCUT2D eigenvalue weighted by Gasteiger charge is 2.47. The summed E-state index contributed by atoms with van der Waals surface area (Å²) in [5.41, 5.74) is 8.32. The number of amides is 1. The van der Waals surface area contributed by atoms with Crippen molar-refractivity contribution in [1.82, 2.24) is 4.90 Å². The zero-order valence-electron chi connectivity index (χ0n) is 13.6. The van der Waals surface area contributed by atoms with Gasteiger partial charge in [-0.15, -0.1) is 0 Å². The SMILES string of the molecule is COC(=O)[C@@]1(N(Cc2ccc(OC)cc2)C(=O)C=[N+]=[N-])C=CCC1. The number of methoxy groups -OCH3 is 2. The molecule has 0 aromatic heterocycles. The van der Waals surface area contributed by atoms with Crippen molar-refractivity contribution in [2.45, 2.75) is 24.9 Å². The summed E-state index contributed by atoms with van der Waals surface area (Å²) in [5, 5.41) is 0. The van der Waals surface area contributed by atoms with E-state index >= 15 is 0 Å². The molecule has 2 rings (SSSR count). The monoisotopic (exact) mass is 329 g/mol. The van der Waals surface area contributed by atoms with E-state index in [4.69, 9.17) is 15.0 Å². The molecule has 0 saturated carbocycles. The second-order valence-corrected chi connectivity index (χ2v) is 5.37. The van der Waals surface area contributed by atoms with Gasteiger partial charge in [0.15, 0.2) is 5.54 Å². The van der Waals surface area contributed by atoms with Gasteiger partial charge in [-0.1, -0.05) is 24.3 Å². The summed E-state index contributed by atoms with van der Waals surface area (Å²) in [6, 6.07) is 7.15. The van der Waals surface area contributed by atoms with Crippen LogP contribution in [-0.2, 0) is 20.9 Å². The van der Waals surface area contributed by atoms with Crippen LogP contribution >= 0.6 is 0 Å². The fourth-order valence-corrected chi connectivity index (χ4v) is 2.80.